The third kappa shape index (κ3) is 4.07. The number of ether oxygens (including phenoxy) is 2. The molecule has 0 atom stereocenters. The summed E-state index contributed by atoms with van der Waals surface area (Å²) in [6.07, 6.45) is 0. The summed E-state index contributed by atoms with van der Waals surface area (Å²) in [5.74, 6) is 0.490. The maximum Gasteiger partial charge on any atom is 0.282 e. The molecule has 1 heterocycles. The smallest absolute Gasteiger partial charge is 0.282 e. The number of imide groups is 1. The summed E-state index contributed by atoms with van der Waals surface area (Å²) < 4.78 is 10.8. The molecule has 32 heavy (non-hydrogen) atoms. The largest absolute Gasteiger partial charge is 0.497 e. The Labute approximate surface area is 187 Å². The second-order valence-corrected chi connectivity index (χ2v) is 7.35. The Morgan fingerprint density at radius 2 is 1.59 bits per heavy atom. The molecule has 162 valence electrons. The molecule has 0 aliphatic carbocycles. The minimum absolute atomic E-state index is 0.228. The monoisotopic (exact) mass is 428 g/mol. The Hall–Kier alpha value is -4.06. The number of rotatable bonds is 7. The molecule has 0 aromatic heterocycles. The highest BCUT2D eigenvalue weighted by atomic mass is 16.5. The molecule has 4 rings (SSSR count). The average Bonchev–Trinajstić information content (AvgIpc) is 3.04. The van der Waals surface area contributed by atoms with Crippen molar-refractivity contribution in [3.63, 3.8) is 0 Å². The van der Waals surface area contributed by atoms with E-state index in [1.54, 1.807) is 55.6 Å². The molecular weight excluding hydrogens is 404 g/mol. The third-order valence-corrected chi connectivity index (χ3v) is 5.17. The van der Waals surface area contributed by atoms with Crippen LogP contribution in [0.2, 0.25) is 0 Å². The molecule has 2 amide bonds. The lowest BCUT2D eigenvalue weighted by atomic mass is 10.0. The van der Waals surface area contributed by atoms with Crippen LogP contribution in [0, 0.1) is 6.92 Å². The number of amides is 2. The van der Waals surface area contributed by atoms with E-state index >= 15 is 0 Å². The van der Waals surface area contributed by atoms with Crippen LogP contribution in [-0.4, -0.2) is 25.5 Å². The summed E-state index contributed by atoms with van der Waals surface area (Å²) in [6, 6.07) is 21.7. The van der Waals surface area contributed by atoms with E-state index in [-0.39, 0.29) is 11.6 Å². The minimum Gasteiger partial charge on any atom is -0.497 e. The summed E-state index contributed by atoms with van der Waals surface area (Å²) in [5.41, 5.74) is 3.43. The molecule has 1 aliphatic heterocycles. The number of nitrogens with one attached hydrogen (secondary N) is 1. The first-order valence-corrected chi connectivity index (χ1v) is 10.4. The van der Waals surface area contributed by atoms with Crippen LogP contribution in [-0.2, 0) is 9.59 Å². The van der Waals surface area contributed by atoms with Gasteiger partial charge < -0.3 is 14.8 Å². The van der Waals surface area contributed by atoms with E-state index in [0.717, 1.165) is 5.56 Å². The van der Waals surface area contributed by atoms with Gasteiger partial charge in [-0.3, -0.25) is 9.59 Å². The van der Waals surface area contributed by atoms with Crippen LogP contribution < -0.4 is 19.7 Å². The Bertz CT molecular complexity index is 1180. The van der Waals surface area contributed by atoms with Crippen LogP contribution in [0.5, 0.6) is 11.5 Å². The maximum absolute atomic E-state index is 13.5. The summed E-state index contributed by atoms with van der Waals surface area (Å²) in [4.78, 5) is 28.2. The van der Waals surface area contributed by atoms with Gasteiger partial charge in [0.15, 0.2) is 0 Å². The highest BCUT2D eigenvalue weighted by Crippen LogP contribution is 2.35. The Kier molecular flexibility index (Phi) is 5.94. The lowest BCUT2D eigenvalue weighted by Crippen LogP contribution is -2.32. The van der Waals surface area contributed by atoms with Crippen LogP contribution in [0.15, 0.2) is 78.5 Å². The molecule has 6 heteroatoms. The second-order valence-electron chi connectivity index (χ2n) is 7.35. The van der Waals surface area contributed by atoms with Gasteiger partial charge in [0, 0.05) is 11.8 Å². The lowest BCUT2D eigenvalue weighted by molar-refractivity contribution is -0.120. The molecule has 1 N–H and O–H groups in total. The van der Waals surface area contributed by atoms with Crippen molar-refractivity contribution in [1.82, 2.24) is 0 Å². The Morgan fingerprint density at radius 3 is 2.25 bits per heavy atom. The number of carbonyl (C=O) groups excluding carboxylic acids is 2. The van der Waals surface area contributed by atoms with Gasteiger partial charge in [0.1, 0.15) is 17.2 Å². The van der Waals surface area contributed by atoms with Crippen LogP contribution in [0.1, 0.15) is 18.1 Å². The zero-order valence-corrected chi connectivity index (χ0v) is 18.2. The Morgan fingerprint density at radius 1 is 0.875 bits per heavy atom. The first kappa shape index (κ1) is 21.2. The van der Waals surface area contributed by atoms with Gasteiger partial charge in [-0.15, -0.1) is 0 Å². The third-order valence-electron chi connectivity index (χ3n) is 5.17. The predicted octanol–water partition coefficient (Wildman–Crippen LogP) is 4.80. The fourth-order valence-corrected chi connectivity index (χ4v) is 3.57. The van der Waals surface area contributed by atoms with Gasteiger partial charge in [0.2, 0.25) is 0 Å². The SMILES string of the molecule is CCOc1cccc(N2C(=O)C(Nc3ccc(OC)cc3)=C(c3ccc(C)cc3)C2=O)c1. The molecule has 0 radical (unpaired) electrons. The molecule has 3 aromatic carbocycles. The molecule has 0 bridgehead atoms. The zero-order chi connectivity index (χ0) is 22.7. The molecule has 0 spiro atoms. The summed E-state index contributed by atoms with van der Waals surface area (Å²) >= 11 is 0. The lowest BCUT2D eigenvalue weighted by Gasteiger charge is -2.16. The van der Waals surface area contributed by atoms with E-state index in [0.29, 0.717) is 40.6 Å². The van der Waals surface area contributed by atoms with Crippen molar-refractivity contribution in [2.24, 2.45) is 0 Å². The minimum atomic E-state index is -0.421. The van der Waals surface area contributed by atoms with Gasteiger partial charge >= 0.3 is 0 Å². The van der Waals surface area contributed by atoms with E-state index in [1.165, 1.54) is 4.90 Å². The standard InChI is InChI=1S/C26H24N2O4/c1-4-32-22-7-5-6-20(16-22)28-25(29)23(18-10-8-17(2)9-11-18)24(26(28)30)27-19-12-14-21(31-3)15-13-19/h5-16,27H,4H2,1-3H3. The second kappa shape index (κ2) is 8.98. The van der Waals surface area contributed by atoms with Gasteiger partial charge in [-0.1, -0.05) is 35.9 Å². The highest BCUT2D eigenvalue weighted by molar-refractivity contribution is 6.46. The van der Waals surface area contributed by atoms with Crippen LogP contribution in [0.25, 0.3) is 5.57 Å². The van der Waals surface area contributed by atoms with Crippen LogP contribution in [0.3, 0.4) is 0 Å². The quantitative estimate of drug-likeness (QED) is 0.548. The van der Waals surface area contributed by atoms with E-state index in [9.17, 15) is 9.59 Å². The molecule has 1 aliphatic rings. The predicted molar refractivity (Wildman–Crippen MR) is 125 cm³/mol. The maximum atomic E-state index is 13.5. The first-order valence-electron chi connectivity index (χ1n) is 10.4. The van der Waals surface area contributed by atoms with Gasteiger partial charge in [-0.25, -0.2) is 4.90 Å². The number of hydrogen-bond donors (Lipinski definition) is 1. The van der Waals surface area contributed by atoms with Crippen molar-refractivity contribution >= 4 is 28.8 Å². The molecule has 3 aromatic rings. The highest BCUT2D eigenvalue weighted by Gasteiger charge is 2.40. The topological polar surface area (TPSA) is 67.9 Å². The summed E-state index contributed by atoms with van der Waals surface area (Å²) in [7, 11) is 1.59. The van der Waals surface area contributed by atoms with Crippen molar-refractivity contribution in [2.45, 2.75) is 13.8 Å². The molecule has 0 fully saturated rings. The number of carbonyl (C=O) groups is 2. The van der Waals surface area contributed by atoms with Gasteiger partial charge in [-0.05, 0) is 55.8 Å². The fourth-order valence-electron chi connectivity index (χ4n) is 3.57. The van der Waals surface area contributed by atoms with Crippen molar-refractivity contribution < 1.29 is 19.1 Å². The average molecular weight is 428 g/mol. The van der Waals surface area contributed by atoms with E-state index in [1.807, 2.05) is 38.1 Å². The molecule has 0 unspecified atom stereocenters. The van der Waals surface area contributed by atoms with Crippen molar-refractivity contribution in [3.8, 4) is 11.5 Å². The Balaban J connectivity index is 1.77. The number of aryl methyl sites for hydroxylation is 1. The van der Waals surface area contributed by atoms with E-state index < -0.39 is 5.91 Å². The fraction of sp³-hybridized carbons (Fsp3) is 0.154. The molecule has 0 saturated carbocycles. The van der Waals surface area contributed by atoms with Crippen LogP contribution >= 0.6 is 0 Å². The van der Waals surface area contributed by atoms with Crippen molar-refractivity contribution in [3.05, 3.63) is 89.6 Å². The molecule has 6 nitrogen and oxygen atoms in total. The number of nitrogens with zero attached hydrogens (tertiary/aromatic N) is 1. The van der Waals surface area contributed by atoms with Gasteiger partial charge in [0.05, 0.1) is 25.0 Å². The number of anilines is 2. The van der Waals surface area contributed by atoms with Crippen molar-refractivity contribution in [1.29, 1.82) is 0 Å². The summed E-state index contributed by atoms with van der Waals surface area (Å²) in [6.45, 7) is 4.34. The summed E-state index contributed by atoms with van der Waals surface area (Å²) in [5, 5.41) is 3.16. The van der Waals surface area contributed by atoms with Crippen molar-refractivity contribution in [2.75, 3.05) is 23.9 Å². The van der Waals surface area contributed by atoms with Gasteiger partial charge in [-0.2, -0.15) is 0 Å². The first-order chi connectivity index (χ1) is 15.5. The zero-order valence-electron chi connectivity index (χ0n) is 18.2. The number of benzene rings is 3. The van der Waals surface area contributed by atoms with Crippen LogP contribution in [0.4, 0.5) is 11.4 Å². The normalized spacial score (nSPS) is 13.5. The number of methoxy groups -OCH3 is 1. The molecule has 0 saturated heterocycles. The number of hydrogen-bond acceptors (Lipinski definition) is 5. The van der Waals surface area contributed by atoms with Gasteiger partial charge in [0.25, 0.3) is 11.8 Å². The molecular formula is C26H24N2O4. The van der Waals surface area contributed by atoms with E-state index in [4.69, 9.17) is 9.47 Å². The van der Waals surface area contributed by atoms with E-state index in [2.05, 4.69) is 5.32 Å².